The molecule has 3 atom stereocenters. The Bertz CT molecular complexity index is 352. The quantitative estimate of drug-likeness (QED) is 0.905. The molecule has 2 N–H and O–H groups in total. The summed E-state index contributed by atoms with van der Waals surface area (Å²) in [6.45, 7) is 0. The molecule has 2 aliphatic carbocycles. The third kappa shape index (κ3) is 2.15. The van der Waals surface area contributed by atoms with Crippen LogP contribution in [-0.2, 0) is 6.42 Å². The van der Waals surface area contributed by atoms with Crippen molar-refractivity contribution in [1.29, 1.82) is 0 Å². The first kappa shape index (κ1) is 10.3. The second kappa shape index (κ2) is 3.86. The zero-order valence-corrected chi connectivity index (χ0v) is 11.1. The first-order valence-corrected chi connectivity index (χ1v) is 7.33. The van der Waals surface area contributed by atoms with Crippen molar-refractivity contribution < 1.29 is 0 Å². The van der Waals surface area contributed by atoms with Crippen LogP contribution < -0.4 is 5.73 Å². The summed E-state index contributed by atoms with van der Waals surface area (Å²) in [5, 5.41) is 0. The Morgan fingerprint density at radius 1 is 1.33 bits per heavy atom. The van der Waals surface area contributed by atoms with E-state index in [4.69, 9.17) is 5.73 Å². The normalized spacial score (nSPS) is 35.2. The average Bonchev–Trinajstić information content (AvgIpc) is 2.61. The van der Waals surface area contributed by atoms with Crippen molar-refractivity contribution >= 4 is 27.3 Å². The smallest absolute Gasteiger partial charge is 0.0701 e. The van der Waals surface area contributed by atoms with Gasteiger partial charge < -0.3 is 5.73 Å². The molecule has 82 valence electrons. The van der Waals surface area contributed by atoms with Gasteiger partial charge in [0.25, 0.3) is 0 Å². The molecule has 2 saturated carbocycles. The first-order valence-electron chi connectivity index (χ1n) is 5.72. The standard InChI is InChI=1S/C12H16BrNS/c13-12-2-1-10(15-12)6-11(14)9-4-7-3-8(7)5-9/h1-2,7-9,11H,3-6,14H2. The van der Waals surface area contributed by atoms with E-state index in [9.17, 15) is 0 Å². The average molecular weight is 286 g/mol. The molecule has 3 heteroatoms. The molecule has 2 aliphatic rings. The highest BCUT2D eigenvalue weighted by atomic mass is 79.9. The van der Waals surface area contributed by atoms with Crippen molar-refractivity contribution in [2.45, 2.75) is 31.7 Å². The van der Waals surface area contributed by atoms with Gasteiger partial charge in [-0.05, 0) is 71.5 Å². The molecule has 1 nitrogen and oxygen atoms in total. The summed E-state index contributed by atoms with van der Waals surface area (Å²) in [6, 6.07) is 4.71. The topological polar surface area (TPSA) is 26.0 Å². The number of fused-ring (bicyclic) bond motifs is 1. The van der Waals surface area contributed by atoms with Crippen LogP contribution >= 0.6 is 27.3 Å². The fraction of sp³-hybridized carbons (Fsp3) is 0.667. The van der Waals surface area contributed by atoms with E-state index in [2.05, 4.69) is 28.1 Å². The Hall–Kier alpha value is 0.140. The van der Waals surface area contributed by atoms with E-state index in [0.717, 1.165) is 24.2 Å². The van der Waals surface area contributed by atoms with Crippen LogP contribution in [0.2, 0.25) is 0 Å². The molecule has 0 aliphatic heterocycles. The Balaban J connectivity index is 1.58. The summed E-state index contributed by atoms with van der Waals surface area (Å²) in [5.41, 5.74) is 6.29. The van der Waals surface area contributed by atoms with Crippen molar-refractivity contribution in [3.63, 3.8) is 0 Å². The number of thiophene rings is 1. The summed E-state index contributed by atoms with van der Waals surface area (Å²) in [7, 11) is 0. The lowest BCUT2D eigenvalue weighted by atomic mass is 9.92. The van der Waals surface area contributed by atoms with Gasteiger partial charge in [0.15, 0.2) is 0 Å². The molecule has 1 aromatic rings. The van der Waals surface area contributed by atoms with E-state index >= 15 is 0 Å². The summed E-state index contributed by atoms with van der Waals surface area (Å²) < 4.78 is 1.22. The fourth-order valence-corrected chi connectivity index (χ4v) is 4.53. The number of nitrogens with two attached hydrogens (primary N) is 1. The molecule has 0 amide bonds. The number of halogens is 1. The molecule has 1 aromatic heterocycles. The zero-order chi connectivity index (χ0) is 10.4. The fourth-order valence-electron chi connectivity index (χ4n) is 2.97. The van der Waals surface area contributed by atoms with E-state index in [1.165, 1.54) is 27.9 Å². The molecule has 3 rings (SSSR count). The van der Waals surface area contributed by atoms with Crippen LogP contribution in [0, 0.1) is 17.8 Å². The van der Waals surface area contributed by atoms with Gasteiger partial charge in [0, 0.05) is 10.9 Å². The Morgan fingerprint density at radius 2 is 2.07 bits per heavy atom. The largest absolute Gasteiger partial charge is 0.327 e. The van der Waals surface area contributed by atoms with Crippen molar-refractivity contribution in [2.75, 3.05) is 0 Å². The van der Waals surface area contributed by atoms with Crippen molar-refractivity contribution in [1.82, 2.24) is 0 Å². The number of hydrogen-bond acceptors (Lipinski definition) is 2. The molecular weight excluding hydrogens is 270 g/mol. The molecular formula is C12H16BrNS. The van der Waals surface area contributed by atoms with Crippen molar-refractivity contribution in [2.24, 2.45) is 23.5 Å². The number of hydrogen-bond donors (Lipinski definition) is 1. The van der Waals surface area contributed by atoms with Gasteiger partial charge in [-0.15, -0.1) is 11.3 Å². The monoisotopic (exact) mass is 285 g/mol. The minimum atomic E-state index is 0.392. The predicted molar refractivity (Wildman–Crippen MR) is 68.0 cm³/mol. The van der Waals surface area contributed by atoms with Crippen LogP contribution in [0.1, 0.15) is 24.1 Å². The maximum Gasteiger partial charge on any atom is 0.0701 e. The third-order valence-electron chi connectivity index (χ3n) is 3.95. The van der Waals surface area contributed by atoms with Crippen LogP contribution in [0.5, 0.6) is 0 Å². The zero-order valence-electron chi connectivity index (χ0n) is 8.66. The van der Waals surface area contributed by atoms with Crippen molar-refractivity contribution in [3.8, 4) is 0 Å². The Labute approximate surface area is 103 Å². The van der Waals surface area contributed by atoms with Gasteiger partial charge in [-0.25, -0.2) is 0 Å². The maximum atomic E-state index is 6.29. The number of rotatable bonds is 3. The predicted octanol–water partition coefficient (Wildman–Crippen LogP) is 3.43. The Morgan fingerprint density at radius 3 is 2.67 bits per heavy atom. The molecule has 0 bridgehead atoms. The van der Waals surface area contributed by atoms with Crippen molar-refractivity contribution in [3.05, 3.63) is 20.8 Å². The lowest BCUT2D eigenvalue weighted by Gasteiger charge is -2.19. The molecule has 0 saturated heterocycles. The van der Waals surface area contributed by atoms with Crippen LogP contribution in [0.15, 0.2) is 15.9 Å². The van der Waals surface area contributed by atoms with Crippen LogP contribution in [0.3, 0.4) is 0 Å². The third-order valence-corrected chi connectivity index (χ3v) is 5.60. The summed E-state index contributed by atoms with van der Waals surface area (Å²) in [6.07, 6.45) is 5.37. The van der Waals surface area contributed by atoms with E-state index in [1.807, 2.05) is 11.3 Å². The van der Waals surface area contributed by atoms with Gasteiger partial charge >= 0.3 is 0 Å². The highest BCUT2D eigenvalue weighted by Gasteiger charge is 2.47. The van der Waals surface area contributed by atoms with E-state index in [0.29, 0.717) is 6.04 Å². The molecule has 0 aromatic carbocycles. The SMILES string of the molecule is NC(Cc1ccc(Br)s1)C1CC2CC2C1. The van der Waals surface area contributed by atoms with Gasteiger partial charge in [0.2, 0.25) is 0 Å². The molecule has 0 radical (unpaired) electrons. The van der Waals surface area contributed by atoms with Gasteiger partial charge in [0.05, 0.1) is 3.79 Å². The lowest BCUT2D eigenvalue weighted by molar-refractivity contribution is 0.394. The van der Waals surface area contributed by atoms with Crippen LogP contribution in [0.4, 0.5) is 0 Å². The van der Waals surface area contributed by atoms with Gasteiger partial charge in [0.1, 0.15) is 0 Å². The second-order valence-corrected chi connectivity index (χ2v) is 7.61. The first-order chi connectivity index (χ1) is 7.22. The molecule has 15 heavy (non-hydrogen) atoms. The molecule has 0 spiro atoms. The highest BCUT2D eigenvalue weighted by molar-refractivity contribution is 9.11. The highest BCUT2D eigenvalue weighted by Crippen LogP contribution is 2.55. The van der Waals surface area contributed by atoms with Crippen LogP contribution in [0.25, 0.3) is 0 Å². The molecule has 1 heterocycles. The second-order valence-electron chi connectivity index (χ2n) is 5.06. The molecule has 3 unspecified atom stereocenters. The maximum absolute atomic E-state index is 6.29. The van der Waals surface area contributed by atoms with E-state index < -0.39 is 0 Å². The van der Waals surface area contributed by atoms with Gasteiger partial charge in [-0.2, -0.15) is 0 Å². The van der Waals surface area contributed by atoms with Gasteiger partial charge in [-0.3, -0.25) is 0 Å². The van der Waals surface area contributed by atoms with E-state index in [1.54, 1.807) is 0 Å². The van der Waals surface area contributed by atoms with Gasteiger partial charge in [-0.1, -0.05) is 0 Å². The summed E-state index contributed by atoms with van der Waals surface area (Å²) >= 11 is 5.32. The minimum absolute atomic E-state index is 0.392. The summed E-state index contributed by atoms with van der Waals surface area (Å²) in [4.78, 5) is 1.43. The summed E-state index contributed by atoms with van der Waals surface area (Å²) in [5.74, 6) is 2.90. The molecule has 2 fully saturated rings. The Kier molecular flexibility index (Phi) is 2.65. The minimum Gasteiger partial charge on any atom is -0.327 e. The lowest BCUT2D eigenvalue weighted by Crippen LogP contribution is -2.31. The van der Waals surface area contributed by atoms with Crippen LogP contribution in [-0.4, -0.2) is 6.04 Å². The van der Waals surface area contributed by atoms with E-state index in [-0.39, 0.29) is 0 Å².